The van der Waals surface area contributed by atoms with Crippen LogP contribution in [-0.4, -0.2) is 65.3 Å². The summed E-state index contributed by atoms with van der Waals surface area (Å²) in [6.07, 6.45) is 1.59. The molecule has 3 heterocycles. The van der Waals surface area contributed by atoms with E-state index in [1.54, 1.807) is 0 Å². The van der Waals surface area contributed by atoms with Crippen LogP contribution in [0, 0.1) is 13.8 Å². The second-order valence-corrected chi connectivity index (χ2v) is 9.35. The fourth-order valence-electron chi connectivity index (χ4n) is 4.49. The van der Waals surface area contributed by atoms with Gasteiger partial charge in [-0.05, 0) is 43.4 Å². The van der Waals surface area contributed by atoms with E-state index in [2.05, 4.69) is 47.2 Å². The zero-order valence-electron chi connectivity index (χ0n) is 19.0. The number of rotatable bonds is 5. The number of aromatic nitrogens is 3. The summed E-state index contributed by atoms with van der Waals surface area (Å²) in [4.78, 5) is 18.3. The standard InChI is InChI=1S/C22H36N10/c1-13-3-4-15(5-14(13)2)8-27-20-28-21(31-9-16(23)6-17(24)10-31)30-22(29-20)32-11-18(25)7-19(26)12-32/h3-5,16-19H,6-12,23-26H2,1-2H3,(H,27,28,29,30)/t16-,17+,18-,19+. The van der Waals surface area contributed by atoms with Crippen molar-refractivity contribution in [2.24, 2.45) is 22.9 Å². The van der Waals surface area contributed by atoms with E-state index in [9.17, 15) is 0 Å². The Labute approximate surface area is 189 Å². The molecule has 4 atom stereocenters. The Kier molecular flexibility index (Phi) is 6.75. The number of anilines is 3. The minimum absolute atomic E-state index is 0.0114. The van der Waals surface area contributed by atoms with Crippen molar-refractivity contribution in [1.82, 2.24) is 15.0 Å². The van der Waals surface area contributed by atoms with Gasteiger partial charge in [-0.2, -0.15) is 15.0 Å². The molecule has 0 unspecified atom stereocenters. The summed E-state index contributed by atoms with van der Waals surface area (Å²) < 4.78 is 0. The Balaban J connectivity index is 1.61. The lowest BCUT2D eigenvalue weighted by molar-refractivity contribution is 0.441. The smallest absolute Gasteiger partial charge is 0.232 e. The molecule has 0 saturated carbocycles. The Morgan fingerprint density at radius 1 is 0.781 bits per heavy atom. The Morgan fingerprint density at radius 3 is 1.75 bits per heavy atom. The molecule has 1 aromatic carbocycles. The predicted octanol–water partition coefficient (Wildman–Crippen LogP) is -0.170. The van der Waals surface area contributed by atoms with E-state index < -0.39 is 0 Å². The van der Waals surface area contributed by atoms with Crippen LogP contribution in [0.1, 0.15) is 29.5 Å². The van der Waals surface area contributed by atoms with Crippen LogP contribution in [0.4, 0.5) is 17.8 Å². The molecule has 4 rings (SSSR count). The predicted molar refractivity (Wildman–Crippen MR) is 129 cm³/mol. The van der Waals surface area contributed by atoms with Crippen LogP contribution < -0.4 is 38.1 Å². The van der Waals surface area contributed by atoms with Crippen molar-refractivity contribution in [3.63, 3.8) is 0 Å². The third-order valence-corrected chi connectivity index (χ3v) is 6.23. The lowest BCUT2D eigenvalue weighted by Gasteiger charge is -2.37. The summed E-state index contributed by atoms with van der Waals surface area (Å²) in [5.41, 5.74) is 28.6. The van der Waals surface area contributed by atoms with Crippen molar-refractivity contribution in [2.45, 2.75) is 57.4 Å². The SMILES string of the molecule is Cc1ccc(CNc2nc(N3C[C@H](N)C[C@H](N)C3)nc(N3C[C@H](N)C[C@H](N)C3)n2)cc1C. The first-order chi connectivity index (χ1) is 15.3. The summed E-state index contributed by atoms with van der Waals surface area (Å²) >= 11 is 0. The molecule has 0 bridgehead atoms. The topological polar surface area (TPSA) is 161 Å². The van der Waals surface area contributed by atoms with Crippen molar-refractivity contribution < 1.29 is 0 Å². The zero-order valence-corrected chi connectivity index (χ0v) is 19.0. The highest BCUT2D eigenvalue weighted by atomic mass is 15.4. The summed E-state index contributed by atoms with van der Waals surface area (Å²) in [5.74, 6) is 1.68. The molecule has 2 aliphatic heterocycles. The van der Waals surface area contributed by atoms with Gasteiger partial charge in [0.2, 0.25) is 17.8 Å². The van der Waals surface area contributed by atoms with Gasteiger partial charge in [-0.1, -0.05) is 18.2 Å². The number of nitrogens with zero attached hydrogens (tertiary/aromatic N) is 5. The monoisotopic (exact) mass is 440 g/mol. The molecule has 0 amide bonds. The number of hydrogen-bond donors (Lipinski definition) is 5. The van der Waals surface area contributed by atoms with Crippen LogP contribution >= 0.6 is 0 Å². The van der Waals surface area contributed by atoms with E-state index in [0.717, 1.165) is 12.8 Å². The fraction of sp³-hybridized carbons (Fsp3) is 0.591. The summed E-state index contributed by atoms with van der Waals surface area (Å²) in [7, 11) is 0. The van der Waals surface area contributed by atoms with Gasteiger partial charge >= 0.3 is 0 Å². The zero-order chi connectivity index (χ0) is 22.8. The van der Waals surface area contributed by atoms with Gasteiger partial charge in [-0.3, -0.25) is 0 Å². The number of piperidine rings is 2. The molecule has 2 aliphatic rings. The van der Waals surface area contributed by atoms with E-state index in [0.29, 0.717) is 50.6 Å². The highest BCUT2D eigenvalue weighted by Crippen LogP contribution is 2.22. The normalized spacial score (nSPS) is 26.3. The molecule has 0 aliphatic carbocycles. The number of hydrogen-bond acceptors (Lipinski definition) is 10. The van der Waals surface area contributed by atoms with Gasteiger partial charge in [0.25, 0.3) is 0 Å². The van der Waals surface area contributed by atoms with Crippen LogP contribution in [0.15, 0.2) is 18.2 Å². The number of aryl methyl sites for hydroxylation is 2. The molecule has 0 radical (unpaired) electrons. The van der Waals surface area contributed by atoms with E-state index in [4.69, 9.17) is 37.9 Å². The minimum Gasteiger partial charge on any atom is -0.350 e. The van der Waals surface area contributed by atoms with Crippen molar-refractivity contribution in [1.29, 1.82) is 0 Å². The maximum absolute atomic E-state index is 6.22. The molecule has 10 nitrogen and oxygen atoms in total. The maximum atomic E-state index is 6.22. The van der Waals surface area contributed by atoms with Gasteiger partial charge in [0.15, 0.2) is 0 Å². The fourth-order valence-corrected chi connectivity index (χ4v) is 4.49. The van der Waals surface area contributed by atoms with Gasteiger partial charge in [0.05, 0.1) is 0 Å². The molecule has 10 heteroatoms. The number of nitrogens with two attached hydrogens (primary N) is 4. The molecular weight excluding hydrogens is 404 g/mol. The van der Waals surface area contributed by atoms with Gasteiger partial charge in [-0.15, -0.1) is 0 Å². The first-order valence-corrected chi connectivity index (χ1v) is 11.3. The van der Waals surface area contributed by atoms with Gasteiger partial charge in [-0.25, -0.2) is 0 Å². The highest BCUT2D eigenvalue weighted by Gasteiger charge is 2.28. The molecule has 32 heavy (non-hydrogen) atoms. The van der Waals surface area contributed by atoms with Crippen molar-refractivity contribution in [3.05, 3.63) is 34.9 Å². The molecule has 2 aromatic rings. The minimum atomic E-state index is -0.0114. The Morgan fingerprint density at radius 2 is 1.28 bits per heavy atom. The molecule has 9 N–H and O–H groups in total. The van der Waals surface area contributed by atoms with Crippen LogP contribution in [0.5, 0.6) is 0 Å². The number of benzene rings is 1. The van der Waals surface area contributed by atoms with E-state index in [1.165, 1.54) is 16.7 Å². The molecule has 2 fully saturated rings. The van der Waals surface area contributed by atoms with Crippen LogP contribution in [0.25, 0.3) is 0 Å². The van der Waals surface area contributed by atoms with Crippen LogP contribution in [0.2, 0.25) is 0 Å². The van der Waals surface area contributed by atoms with E-state index in [1.807, 2.05) is 0 Å². The average Bonchev–Trinajstić information content (AvgIpc) is 2.73. The van der Waals surface area contributed by atoms with Crippen molar-refractivity contribution >= 4 is 17.8 Å². The third-order valence-electron chi connectivity index (χ3n) is 6.23. The molecule has 0 spiro atoms. The quantitative estimate of drug-likeness (QED) is 0.422. The van der Waals surface area contributed by atoms with Crippen LogP contribution in [-0.2, 0) is 6.54 Å². The molecular formula is C22H36N10. The van der Waals surface area contributed by atoms with Gasteiger partial charge in [0.1, 0.15) is 0 Å². The van der Waals surface area contributed by atoms with Gasteiger partial charge in [0, 0.05) is 56.9 Å². The maximum Gasteiger partial charge on any atom is 0.232 e. The Bertz CT molecular complexity index is 871. The molecule has 174 valence electrons. The van der Waals surface area contributed by atoms with Crippen LogP contribution in [0.3, 0.4) is 0 Å². The molecule has 2 saturated heterocycles. The first-order valence-electron chi connectivity index (χ1n) is 11.3. The van der Waals surface area contributed by atoms with Gasteiger partial charge < -0.3 is 38.1 Å². The second-order valence-electron chi connectivity index (χ2n) is 9.35. The molecule has 1 aromatic heterocycles. The largest absolute Gasteiger partial charge is 0.350 e. The van der Waals surface area contributed by atoms with Crippen molar-refractivity contribution in [3.8, 4) is 0 Å². The Hall–Kier alpha value is -2.53. The second kappa shape index (κ2) is 9.53. The van der Waals surface area contributed by atoms with Crippen molar-refractivity contribution in [2.75, 3.05) is 41.3 Å². The van der Waals surface area contributed by atoms with E-state index >= 15 is 0 Å². The lowest BCUT2D eigenvalue weighted by Crippen LogP contribution is -2.54. The third kappa shape index (κ3) is 5.44. The number of nitrogens with one attached hydrogen (secondary N) is 1. The highest BCUT2D eigenvalue weighted by molar-refractivity contribution is 5.47. The summed E-state index contributed by atoms with van der Waals surface area (Å²) in [6.45, 7) is 7.48. The average molecular weight is 441 g/mol. The summed E-state index contributed by atoms with van der Waals surface area (Å²) in [5, 5.41) is 3.37. The summed E-state index contributed by atoms with van der Waals surface area (Å²) in [6, 6.07) is 6.38. The first kappa shape index (κ1) is 22.7. The van der Waals surface area contributed by atoms with E-state index in [-0.39, 0.29) is 24.2 Å². The lowest BCUT2D eigenvalue weighted by atomic mass is 10.0.